The quantitative estimate of drug-likeness (QED) is 0.777. The molecule has 0 saturated carbocycles. The number of nitrogens with one attached hydrogen (secondary N) is 2. The van der Waals surface area contributed by atoms with Crippen LogP contribution in [0.3, 0.4) is 0 Å². The van der Waals surface area contributed by atoms with Gasteiger partial charge in [0.1, 0.15) is 0 Å². The van der Waals surface area contributed by atoms with Crippen molar-refractivity contribution in [3.63, 3.8) is 0 Å². The fraction of sp³-hybridized carbons (Fsp3) is 0.231. The van der Waals surface area contributed by atoms with Crippen molar-refractivity contribution in [3.8, 4) is 0 Å². The van der Waals surface area contributed by atoms with Gasteiger partial charge in [0.25, 0.3) is 0 Å². The summed E-state index contributed by atoms with van der Waals surface area (Å²) >= 11 is 11.4. The maximum Gasteiger partial charge on any atom is 0.0702 e. The van der Waals surface area contributed by atoms with Gasteiger partial charge in [-0.2, -0.15) is 0 Å². The largest absolute Gasteiger partial charge is 0.384 e. The van der Waals surface area contributed by atoms with Crippen molar-refractivity contribution in [2.45, 2.75) is 13.5 Å². The lowest BCUT2D eigenvalue weighted by Crippen LogP contribution is -2.00. The molecule has 1 aromatic carbocycles. The van der Waals surface area contributed by atoms with E-state index in [9.17, 15) is 0 Å². The monoisotopic (exact) mass is 344 g/mol. The Morgan fingerprint density at radius 1 is 1.22 bits per heavy atom. The van der Waals surface area contributed by atoms with Crippen molar-refractivity contribution in [1.29, 1.82) is 0 Å². The van der Waals surface area contributed by atoms with Gasteiger partial charge in [-0.05, 0) is 53.2 Å². The number of hydrogen-bond donors (Lipinski definition) is 2. The Bertz CT molecular complexity index is 527. The fourth-order valence-electron chi connectivity index (χ4n) is 1.59. The van der Waals surface area contributed by atoms with Gasteiger partial charge in [-0.25, -0.2) is 0 Å². The van der Waals surface area contributed by atoms with Crippen LogP contribution in [0.2, 0.25) is 5.02 Å². The van der Waals surface area contributed by atoms with E-state index in [1.807, 2.05) is 18.2 Å². The van der Waals surface area contributed by atoms with E-state index < -0.39 is 0 Å². The Labute approximate surface area is 124 Å². The van der Waals surface area contributed by atoms with Crippen LogP contribution in [-0.2, 0) is 6.54 Å². The van der Waals surface area contributed by atoms with E-state index in [4.69, 9.17) is 11.6 Å². The van der Waals surface area contributed by atoms with E-state index in [0.717, 1.165) is 33.3 Å². The van der Waals surface area contributed by atoms with Gasteiger partial charge in [-0.15, -0.1) is 11.3 Å². The predicted octanol–water partition coefficient (Wildman–Crippen LogP) is 5.21. The van der Waals surface area contributed by atoms with Gasteiger partial charge >= 0.3 is 0 Å². The highest BCUT2D eigenvalue weighted by Crippen LogP contribution is 2.27. The van der Waals surface area contributed by atoms with E-state index in [1.165, 1.54) is 4.88 Å². The summed E-state index contributed by atoms with van der Waals surface area (Å²) in [4.78, 5) is 1.29. The average Bonchev–Trinajstić information content (AvgIpc) is 2.76. The van der Waals surface area contributed by atoms with Crippen molar-refractivity contribution in [2.75, 3.05) is 17.2 Å². The van der Waals surface area contributed by atoms with Crippen molar-refractivity contribution >= 4 is 50.2 Å². The van der Waals surface area contributed by atoms with E-state index in [2.05, 4.69) is 45.6 Å². The smallest absolute Gasteiger partial charge is 0.0702 e. The zero-order chi connectivity index (χ0) is 13.0. The van der Waals surface area contributed by atoms with Crippen LogP contribution in [0.4, 0.5) is 11.4 Å². The molecule has 96 valence electrons. The lowest BCUT2D eigenvalue weighted by molar-refractivity contribution is 1.19. The number of thiophene rings is 1. The molecule has 18 heavy (non-hydrogen) atoms. The number of anilines is 2. The van der Waals surface area contributed by atoms with Crippen LogP contribution in [0.25, 0.3) is 0 Å². The third kappa shape index (κ3) is 3.64. The molecule has 2 nitrogen and oxygen atoms in total. The first-order chi connectivity index (χ1) is 8.69. The van der Waals surface area contributed by atoms with Gasteiger partial charge in [0.05, 0.1) is 14.5 Å². The van der Waals surface area contributed by atoms with Crippen LogP contribution >= 0.6 is 38.9 Å². The summed E-state index contributed by atoms with van der Waals surface area (Å²) in [5.41, 5.74) is 2.01. The summed E-state index contributed by atoms with van der Waals surface area (Å²) in [5, 5.41) is 7.32. The second-order valence-corrected chi connectivity index (χ2v) is 6.74. The van der Waals surface area contributed by atoms with Crippen molar-refractivity contribution in [2.24, 2.45) is 0 Å². The molecule has 0 saturated heterocycles. The summed E-state index contributed by atoms with van der Waals surface area (Å²) in [6, 6.07) is 10.1. The highest BCUT2D eigenvalue weighted by molar-refractivity contribution is 9.11. The minimum absolute atomic E-state index is 0.745. The lowest BCUT2D eigenvalue weighted by atomic mass is 10.2. The SMILES string of the molecule is CCNc1ccc(NCc2ccc(Br)s2)cc1Cl. The van der Waals surface area contributed by atoms with Gasteiger partial charge in [-0.1, -0.05) is 11.6 Å². The highest BCUT2D eigenvalue weighted by atomic mass is 79.9. The van der Waals surface area contributed by atoms with E-state index in [1.54, 1.807) is 11.3 Å². The molecule has 0 bridgehead atoms. The Hall–Kier alpha value is -0.710. The first-order valence-electron chi connectivity index (χ1n) is 5.70. The second-order valence-electron chi connectivity index (χ2n) is 3.78. The minimum Gasteiger partial charge on any atom is -0.384 e. The zero-order valence-electron chi connectivity index (χ0n) is 9.97. The van der Waals surface area contributed by atoms with Crippen LogP contribution in [0.5, 0.6) is 0 Å². The topological polar surface area (TPSA) is 24.1 Å². The third-order valence-electron chi connectivity index (χ3n) is 2.43. The van der Waals surface area contributed by atoms with Gasteiger partial charge in [-0.3, -0.25) is 0 Å². The summed E-state index contributed by atoms with van der Waals surface area (Å²) in [7, 11) is 0. The van der Waals surface area contributed by atoms with Gasteiger partial charge in [0.2, 0.25) is 0 Å². The lowest BCUT2D eigenvalue weighted by Gasteiger charge is -2.09. The molecule has 1 aromatic heterocycles. The Morgan fingerprint density at radius 2 is 2.06 bits per heavy atom. The Kier molecular flexibility index (Phi) is 4.92. The molecule has 0 radical (unpaired) electrons. The molecule has 0 aliphatic carbocycles. The maximum absolute atomic E-state index is 6.19. The number of rotatable bonds is 5. The van der Waals surface area contributed by atoms with E-state index in [0.29, 0.717) is 0 Å². The average molecular weight is 346 g/mol. The summed E-state index contributed by atoms with van der Waals surface area (Å²) in [5.74, 6) is 0. The zero-order valence-corrected chi connectivity index (χ0v) is 13.1. The second kappa shape index (κ2) is 6.45. The standard InChI is InChI=1S/C13H14BrClN2S/c1-2-16-12-5-3-9(7-11(12)15)17-8-10-4-6-13(14)18-10/h3-7,16-17H,2,8H2,1H3. The van der Waals surface area contributed by atoms with Crippen molar-refractivity contribution in [3.05, 3.63) is 44.0 Å². The van der Waals surface area contributed by atoms with Gasteiger partial charge < -0.3 is 10.6 Å². The molecule has 0 amide bonds. The molecule has 0 fully saturated rings. The minimum atomic E-state index is 0.745. The molecule has 0 aliphatic rings. The molecule has 2 aromatic rings. The molecule has 1 heterocycles. The Morgan fingerprint density at radius 3 is 2.67 bits per heavy atom. The van der Waals surface area contributed by atoms with E-state index >= 15 is 0 Å². The molecule has 5 heteroatoms. The Balaban J connectivity index is 1.99. The van der Waals surface area contributed by atoms with Crippen LogP contribution in [0.1, 0.15) is 11.8 Å². The number of halogens is 2. The molecule has 0 unspecified atom stereocenters. The molecule has 0 aliphatic heterocycles. The first-order valence-corrected chi connectivity index (χ1v) is 7.69. The molecule has 2 rings (SSSR count). The maximum atomic E-state index is 6.19. The van der Waals surface area contributed by atoms with Crippen LogP contribution in [0, 0.1) is 0 Å². The van der Waals surface area contributed by atoms with Gasteiger partial charge in [0, 0.05) is 23.7 Å². The van der Waals surface area contributed by atoms with Crippen LogP contribution < -0.4 is 10.6 Å². The number of benzene rings is 1. The predicted molar refractivity (Wildman–Crippen MR) is 85.0 cm³/mol. The molecule has 2 N–H and O–H groups in total. The highest BCUT2D eigenvalue weighted by Gasteiger charge is 2.02. The molecular weight excluding hydrogens is 332 g/mol. The molecule has 0 atom stereocenters. The van der Waals surface area contributed by atoms with E-state index in [-0.39, 0.29) is 0 Å². The van der Waals surface area contributed by atoms with Crippen LogP contribution in [-0.4, -0.2) is 6.54 Å². The van der Waals surface area contributed by atoms with Crippen LogP contribution in [0.15, 0.2) is 34.1 Å². The molecular formula is C13H14BrClN2S. The number of hydrogen-bond acceptors (Lipinski definition) is 3. The summed E-state index contributed by atoms with van der Waals surface area (Å²) < 4.78 is 1.15. The molecule has 0 spiro atoms. The summed E-state index contributed by atoms with van der Waals surface area (Å²) in [6.07, 6.45) is 0. The van der Waals surface area contributed by atoms with Gasteiger partial charge in [0.15, 0.2) is 0 Å². The first kappa shape index (κ1) is 13.7. The van der Waals surface area contributed by atoms with Crippen molar-refractivity contribution < 1.29 is 0 Å². The third-order valence-corrected chi connectivity index (χ3v) is 4.37. The summed E-state index contributed by atoms with van der Waals surface area (Å²) in [6.45, 7) is 3.74. The van der Waals surface area contributed by atoms with Crippen molar-refractivity contribution in [1.82, 2.24) is 0 Å². The fourth-order valence-corrected chi connectivity index (χ4v) is 3.27. The normalized spacial score (nSPS) is 10.4.